The summed E-state index contributed by atoms with van der Waals surface area (Å²) in [5, 5.41) is 0. The van der Waals surface area contributed by atoms with Crippen molar-refractivity contribution >= 4 is 5.91 Å². The predicted octanol–water partition coefficient (Wildman–Crippen LogP) is 2.57. The second-order valence-electron chi connectivity index (χ2n) is 5.60. The minimum atomic E-state index is -0.440. The highest BCUT2D eigenvalue weighted by atomic mass is 16.3. The summed E-state index contributed by atoms with van der Waals surface area (Å²) in [4.78, 5) is 13.8. The van der Waals surface area contributed by atoms with Crippen molar-refractivity contribution in [3.63, 3.8) is 0 Å². The van der Waals surface area contributed by atoms with Gasteiger partial charge in [-0.1, -0.05) is 24.3 Å². The van der Waals surface area contributed by atoms with Gasteiger partial charge in [0.15, 0.2) is 0 Å². The van der Waals surface area contributed by atoms with E-state index in [1.807, 2.05) is 0 Å². The van der Waals surface area contributed by atoms with Crippen LogP contribution in [0.25, 0.3) is 0 Å². The lowest BCUT2D eigenvalue weighted by Gasteiger charge is -2.14. The van der Waals surface area contributed by atoms with Gasteiger partial charge in [0.2, 0.25) is 0 Å². The van der Waals surface area contributed by atoms with E-state index >= 15 is 0 Å². The topological polar surface area (TPSA) is 59.5 Å². The Morgan fingerprint density at radius 2 is 1.76 bits per heavy atom. The van der Waals surface area contributed by atoms with Crippen LogP contribution in [0.4, 0.5) is 0 Å². The molecule has 4 heteroatoms. The summed E-state index contributed by atoms with van der Waals surface area (Å²) < 4.78 is 5.36. The second-order valence-corrected chi connectivity index (χ2v) is 5.60. The monoisotopic (exact) mass is 284 g/mol. The lowest BCUT2D eigenvalue weighted by Crippen LogP contribution is -2.18. The first-order valence-corrected chi connectivity index (χ1v) is 7.39. The molecule has 0 atom stereocenters. The first kappa shape index (κ1) is 13.9. The Balaban J connectivity index is 1.66. The van der Waals surface area contributed by atoms with Crippen molar-refractivity contribution in [1.82, 2.24) is 4.90 Å². The molecule has 0 bridgehead atoms. The zero-order chi connectivity index (χ0) is 14.7. The number of hydrogen-bond acceptors (Lipinski definition) is 3. The largest absolute Gasteiger partial charge is 0.468 e. The molecular weight excluding hydrogens is 264 g/mol. The maximum absolute atomic E-state index is 11.3. The molecule has 21 heavy (non-hydrogen) atoms. The standard InChI is InChI=1S/C17H20N2O2/c18-17(20)15-7-10-21-16(15)11-13-3-5-14(6-4-13)12-19-8-1-2-9-19/h3-7,10H,1-2,8-9,11-12H2,(H2,18,20). The molecular formula is C17H20N2O2. The van der Waals surface area contributed by atoms with E-state index in [4.69, 9.17) is 10.2 Å². The average molecular weight is 284 g/mol. The number of furan rings is 1. The molecule has 2 N–H and O–H groups in total. The maximum atomic E-state index is 11.3. The molecule has 1 aromatic carbocycles. The summed E-state index contributed by atoms with van der Waals surface area (Å²) in [6.45, 7) is 3.43. The van der Waals surface area contributed by atoms with Gasteiger partial charge in [-0.2, -0.15) is 0 Å². The number of benzene rings is 1. The van der Waals surface area contributed by atoms with Crippen LogP contribution in [0.3, 0.4) is 0 Å². The third-order valence-corrected chi connectivity index (χ3v) is 4.00. The summed E-state index contributed by atoms with van der Waals surface area (Å²) in [6, 6.07) is 10.1. The molecule has 3 rings (SSSR count). The van der Waals surface area contributed by atoms with Gasteiger partial charge in [0, 0.05) is 13.0 Å². The van der Waals surface area contributed by atoms with Crippen molar-refractivity contribution in [1.29, 1.82) is 0 Å². The predicted molar refractivity (Wildman–Crippen MR) is 81.0 cm³/mol. The zero-order valence-corrected chi connectivity index (χ0v) is 12.0. The number of carbonyl (C=O) groups is 1. The van der Waals surface area contributed by atoms with Crippen LogP contribution in [0, 0.1) is 0 Å². The van der Waals surface area contributed by atoms with Crippen LogP contribution in [0.5, 0.6) is 0 Å². The fourth-order valence-corrected chi connectivity index (χ4v) is 2.84. The SMILES string of the molecule is NC(=O)c1ccoc1Cc1ccc(CN2CCCC2)cc1. The lowest BCUT2D eigenvalue weighted by atomic mass is 10.1. The molecule has 4 nitrogen and oxygen atoms in total. The number of amides is 1. The molecule has 2 aromatic rings. The number of nitrogens with zero attached hydrogens (tertiary/aromatic N) is 1. The fourth-order valence-electron chi connectivity index (χ4n) is 2.84. The first-order valence-electron chi connectivity index (χ1n) is 7.39. The molecule has 1 aliphatic rings. The Kier molecular flexibility index (Phi) is 4.06. The van der Waals surface area contributed by atoms with Crippen molar-refractivity contribution < 1.29 is 9.21 Å². The third-order valence-electron chi connectivity index (χ3n) is 4.00. The molecule has 1 aliphatic heterocycles. The minimum Gasteiger partial charge on any atom is -0.468 e. The summed E-state index contributed by atoms with van der Waals surface area (Å²) >= 11 is 0. The molecule has 2 heterocycles. The van der Waals surface area contributed by atoms with Crippen molar-refractivity contribution in [3.05, 3.63) is 59.0 Å². The zero-order valence-electron chi connectivity index (χ0n) is 12.0. The van der Waals surface area contributed by atoms with Crippen molar-refractivity contribution in [2.75, 3.05) is 13.1 Å². The number of nitrogens with two attached hydrogens (primary N) is 1. The van der Waals surface area contributed by atoms with Crippen LogP contribution >= 0.6 is 0 Å². The van der Waals surface area contributed by atoms with E-state index in [0.717, 1.165) is 12.1 Å². The molecule has 110 valence electrons. The van der Waals surface area contributed by atoms with Crippen LogP contribution in [0.1, 0.15) is 40.1 Å². The van der Waals surface area contributed by atoms with Crippen molar-refractivity contribution in [2.45, 2.75) is 25.8 Å². The van der Waals surface area contributed by atoms with E-state index in [1.54, 1.807) is 6.07 Å². The van der Waals surface area contributed by atoms with Crippen molar-refractivity contribution in [3.8, 4) is 0 Å². The fraction of sp³-hybridized carbons (Fsp3) is 0.353. The van der Waals surface area contributed by atoms with Crippen LogP contribution in [0.2, 0.25) is 0 Å². The van der Waals surface area contributed by atoms with Crippen LogP contribution in [0.15, 0.2) is 41.0 Å². The van der Waals surface area contributed by atoms with Gasteiger partial charge in [-0.05, 0) is 43.1 Å². The normalized spacial score (nSPS) is 15.4. The number of carbonyl (C=O) groups excluding carboxylic acids is 1. The minimum absolute atomic E-state index is 0.440. The summed E-state index contributed by atoms with van der Waals surface area (Å²) in [5.41, 5.74) is 8.24. The Morgan fingerprint density at radius 1 is 1.10 bits per heavy atom. The highest BCUT2D eigenvalue weighted by Gasteiger charge is 2.13. The van der Waals surface area contributed by atoms with Gasteiger partial charge in [0.05, 0.1) is 11.8 Å². The van der Waals surface area contributed by atoms with Gasteiger partial charge in [-0.25, -0.2) is 0 Å². The van der Waals surface area contributed by atoms with Crippen molar-refractivity contribution in [2.24, 2.45) is 5.73 Å². The van der Waals surface area contributed by atoms with Crippen LogP contribution in [-0.2, 0) is 13.0 Å². The Morgan fingerprint density at radius 3 is 2.43 bits per heavy atom. The van der Waals surface area contributed by atoms with Gasteiger partial charge < -0.3 is 10.2 Å². The van der Waals surface area contributed by atoms with Gasteiger partial charge in [0.25, 0.3) is 5.91 Å². The van der Waals surface area contributed by atoms with Crippen LogP contribution in [-0.4, -0.2) is 23.9 Å². The smallest absolute Gasteiger partial charge is 0.252 e. The molecule has 0 aliphatic carbocycles. The van der Waals surface area contributed by atoms with E-state index in [2.05, 4.69) is 29.2 Å². The number of hydrogen-bond donors (Lipinski definition) is 1. The first-order chi connectivity index (χ1) is 10.2. The molecule has 0 radical (unpaired) electrons. The molecule has 1 amide bonds. The number of likely N-dealkylation sites (tertiary alicyclic amines) is 1. The molecule has 0 spiro atoms. The summed E-state index contributed by atoms with van der Waals surface area (Å²) in [6.07, 6.45) is 4.73. The number of rotatable bonds is 5. The van der Waals surface area contributed by atoms with E-state index < -0.39 is 5.91 Å². The highest BCUT2D eigenvalue weighted by molar-refractivity contribution is 5.93. The highest BCUT2D eigenvalue weighted by Crippen LogP contribution is 2.17. The lowest BCUT2D eigenvalue weighted by molar-refractivity contribution is 0.0998. The molecule has 0 saturated carbocycles. The summed E-state index contributed by atoms with van der Waals surface area (Å²) in [7, 11) is 0. The Bertz CT molecular complexity index is 610. The average Bonchev–Trinajstić information content (AvgIpc) is 3.12. The van der Waals surface area contributed by atoms with E-state index in [-0.39, 0.29) is 0 Å². The molecule has 1 aromatic heterocycles. The van der Waals surface area contributed by atoms with E-state index in [0.29, 0.717) is 17.7 Å². The van der Waals surface area contributed by atoms with Gasteiger partial charge in [-0.15, -0.1) is 0 Å². The Labute approximate surface area is 124 Å². The molecule has 0 unspecified atom stereocenters. The quantitative estimate of drug-likeness (QED) is 0.918. The van der Waals surface area contributed by atoms with Gasteiger partial charge in [0.1, 0.15) is 5.76 Å². The van der Waals surface area contributed by atoms with E-state index in [9.17, 15) is 4.79 Å². The molecule has 1 fully saturated rings. The summed E-state index contributed by atoms with van der Waals surface area (Å²) in [5.74, 6) is 0.194. The van der Waals surface area contributed by atoms with E-state index in [1.165, 1.54) is 37.8 Å². The molecule has 1 saturated heterocycles. The van der Waals surface area contributed by atoms with Crippen LogP contribution < -0.4 is 5.73 Å². The number of primary amides is 1. The van der Waals surface area contributed by atoms with Gasteiger partial charge >= 0.3 is 0 Å². The maximum Gasteiger partial charge on any atom is 0.252 e. The second kappa shape index (κ2) is 6.14. The van der Waals surface area contributed by atoms with Gasteiger partial charge in [-0.3, -0.25) is 9.69 Å². The Hall–Kier alpha value is -2.07. The third kappa shape index (κ3) is 3.34.